The summed E-state index contributed by atoms with van der Waals surface area (Å²) in [4.78, 5) is 1.23. The van der Waals surface area contributed by atoms with Crippen LogP contribution in [0, 0.1) is 0 Å². The van der Waals surface area contributed by atoms with Crippen LogP contribution in [0.25, 0.3) is 10.1 Å². The highest BCUT2D eigenvalue weighted by molar-refractivity contribution is 9.10. The maximum Gasteiger partial charge on any atom is 0.138 e. The summed E-state index contributed by atoms with van der Waals surface area (Å²) < 4.78 is 1.87. The zero-order valence-electron chi connectivity index (χ0n) is 6.55. The second-order valence-corrected chi connectivity index (χ2v) is 5.24. The monoisotopic (exact) mass is 320 g/mol. The Labute approximate surface area is 96.6 Å². The van der Waals surface area contributed by atoms with Crippen molar-refractivity contribution >= 4 is 53.3 Å². The first-order valence-electron chi connectivity index (χ1n) is 3.68. The number of phenols is 1. The van der Waals surface area contributed by atoms with Gasteiger partial charge in [0.15, 0.2) is 0 Å². The van der Waals surface area contributed by atoms with Crippen LogP contribution in [-0.4, -0.2) is 5.11 Å². The minimum absolute atomic E-state index is 0.334. The van der Waals surface area contributed by atoms with Crippen LogP contribution >= 0.6 is 43.2 Å². The maximum atomic E-state index is 9.71. The van der Waals surface area contributed by atoms with Crippen LogP contribution < -0.4 is 0 Å². The van der Waals surface area contributed by atoms with Crippen LogP contribution in [0.3, 0.4) is 0 Å². The third-order valence-corrected chi connectivity index (χ3v) is 4.52. The van der Waals surface area contributed by atoms with Gasteiger partial charge in [0.05, 0.1) is 4.47 Å². The van der Waals surface area contributed by atoms with Crippen molar-refractivity contribution in [2.45, 2.75) is 5.33 Å². The number of benzene rings is 1. The second-order valence-electron chi connectivity index (χ2n) is 2.65. The van der Waals surface area contributed by atoms with Crippen LogP contribution in [0.1, 0.15) is 4.88 Å². The largest absolute Gasteiger partial charge is 0.506 e. The lowest BCUT2D eigenvalue weighted by atomic mass is 10.2. The quantitative estimate of drug-likeness (QED) is 0.778. The number of phenolic OH excluding ortho intramolecular Hbond substituents is 1. The van der Waals surface area contributed by atoms with Crippen LogP contribution in [0.15, 0.2) is 22.7 Å². The number of hydrogen-bond donors (Lipinski definition) is 1. The summed E-state index contributed by atoms with van der Waals surface area (Å²) in [6, 6.07) is 5.89. The molecule has 1 heterocycles. The molecule has 1 nitrogen and oxygen atoms in total. The minimum Gasteiger partial charge on any atom is -0.506 e. The van der Waals surface area contributed by atoms with E-state index in [0.717, 1.165) is 19.9 Å². The zero-order valence-corrected chi connectivity index (χ0v) is 10.5. The lowest BCUT2D eigenvalue weighted by Gasteiger charge is -1.96. The summed E-state index contributed by atoms with van der Waals surface area (Å²) in [6.07, 6.45) is 0. The standard InChI is InChI=1S/C9H6Br2OS/c10-4-5-3-6-8(13-5)2-1-7(11)9(6)12/h1-3,12H,4H2. The molecular weight excluding hydrogens is 316 g/mol. The van der Waals surface area contributed by atoms with Gasteiger partial charge < -0.3 is 5.11 Å². The van der Waals surface area contributed by atoms with Crippen molar-refractivity contribution in [2.75, 3.05) is 0 Å². The van der Waals surface area contributed by atoms with Crippen molar-refractivity contribution in [1.29, 1.82) is 0 Å². The summed E-state index contributed by atoms with van der Waals surface area (Å²) in [7, 11) is 0. The molecular formula is C9H6Br2OS. The third-order valence-electron chi connectivity index (χ3n) is 1.81. The molecule has 0 spiro atoms. The first-order chi connectivity index (χ1) is 6.22. The summed E-state index contributed by atoms with van der Waals surface area (Å²) in [5.74, 6) is 0.334. The van der Waals surface area contributed by atoms with Crippen molar-refractivity contribution < 1.29 is 5.11 Å². The number of thiophene rings is 1. The normalized spacial score (nSPS) is 10.9. The molecule has 1 aromatic heterocycles. The molecule has 0 amide bonds. The number of rotatable bonds is 1. The molecule has 2 aromatic rings. The van der Waals surface area contributed by atoms with E-state index in [9.17, 15) is 5.11 Å². The topological polar surface area (TPSA) is 20.2 Å². The average molecular weight is 322 g/mol. The summed E-state index contributed by atoms with van der Waals surface area (Å²) in [5, 5.41) is 11.5. The van der Waals surface area contributed by atoms with Gasteiger partial charge in [-0.2, -0.15) is 0 Å². The van der Waals surface area contributed by atoms with E-state index in [0.29, 0.717) is 5.75 Å². The van der Waals surface area contributed by atoms with E-state index in [1.165, 1.54) is 4.88 Å². The fourth-order valence-corrected chi connectivity index (χ4v) is 2.96. The van der Waals surface area contributed by atoms with Crippen molar-refractivity contribution in [3.8, 4) is 5.75 Å². The van der Waals surface area contributed by atoms with Gasteiger partial charge in [-0.05, 0) is 34.1 Å². The van der Waals surface area contributed by atoms with Gasteiger partial charge in [-0.1, -0.05) is 15.9 Å². The van der Waals surface area contributed by atoms with Gasteiger partial charge in [-0.25, -0.2) is 0 Å². The molecule has 2 rings (SSSR count). The molecule has 0 bridgehead atoms. The summed E-state index contributed by atoms with van der Waals surface area (Å²) in [5.41, 5.74) is 0. The van der Waals surface area contributed by atoms with Crippen LogP contribution in [0.4, 0.5) is 0 Å². The van der Waals surface area contributed by atoms with Gasteiger partial charge in [0.2, 0.25) is 0 Å². The van der Waals surface area contributed by atoms with Gasteiger partial charge >= 0.3 is 0 Å². The van der Waals surface area contributed by atoms with E-state index in [2.05, 4.69) is 31.9 Å². The van der Waals surface area contributed by atoms with Gasteiger partial charge in [0.25, 0.3) is 0 Å². The highest BCUT2D eigenvalue weighted by atomic mass is 79.9. The Morgan fingerprint density at radius 1 is 1.38 bits per heavy atom. The van der Waals surface area contributed by atoms with Crippen LogP contribution in [0.5, 0.6) is 5.75 Å². The zero-order chi connectivity index (χ0) is 9.42. The lowest BCUT2D eigenvalue weighted by molar-refractivity contribution is 0.478. The number of halogens is 2. The molecule has 0 aliphatic heterocycles. The fraction of sp³-hybridized carbons (Fsp3) is 0.111. The molecule has 13 heavy (non-hydrogen) atoms. The maximum absolute atomic E-state index is 9.71. The SMILES string of the molecule is Oc1c(Br)ccc2sc(CBr)cc12. The van der Waals surface area contributed by atoms with Crippen molar-refractivity contribution in [2.24, 2.45) is 0 Å². The van der Waals surface area contributed by atoms with Gasteiger partial charge in [0, 0.05) is 20.3 Å². The highest BCUT2D eigenvalue weighted by Crippen LogP contribution is 2.37. The molecule has 4 heteroatoms. The second kappa shape index (κ2) is 3.59. The fourth-order valence-electron chi connectivity index (χ4n) is 1.19. The molecule has 0 saturated carbocycles. The Morgan fingerprint density at radius 3 is 2.85 bits per heavy atom. The molecule has 68 valence electrons. The predicted octanol–water partition coefficient (Wildman–Crippen LogP) is 4.26. The summed E-state index contributed by atoms with van der Waals surface area (Å²) in [6.45, 7) is 0. The van der Waals surface area contributed by atoms with E-state index in [1.807, 2.05) is 18.2 Å². The molecule has 1 N–H and O–H groups in total. The van der Waals surface area contributed by atoms with E-state index in [-0.39, 0.29) is 0 Å². The van der Waals surface area contributed by atoms with Gasteiger partial charge in [-0.15, -0.1) is 11.3 Å². The highest BCUT2D eigenvalue weighted by Gasteiger charge is 2.07. The Balaban J connectivity index is 2.76. The molecule has 0 fully saturated rings. The summed E-state index contributed by atoms with van der Waals surface area (Å²) >= 11 is 8.38. The molecule has 0 aliphatic carbocycles. The third kappa shape index (κ3) is 1.63. The number of hydrogen-bond acceptors (Lipinski definition) is 2. The molecule has 0 unspecified atom stereocenters. The number of aromatic hydroxyl groups is 1. The van der Waals surface area contributed by atoms with Gasteiger partial charge in [-0.3, -0.25) is 0 Å². The van der Waals surface area contributed by atoms with Crippen LogP contribution in [-0.2, 0) is 5.33 Å². The smallest absolute Gasteiger partial charge is 0.138 e. The first-order valence-corrected chi connectivity index (χ1v) is 6.41. The van der Waals surface area contributed by atoms with Crippen molar-refractivity contribution in [3.63, 3.8) is 0 Å². The van der Waals surface area contributed by atoms with Crippen molar-refractivity contribution in [3.05, 3.63) is 27.5 Å². The van der Waals surface area contributed by atoms with E-state index in [4.69, 9.17) is 0 Å². The van der Waals surface area contributed by atoms with E-state index in [1.54, 1.807) is 11.3 Å². The minimum atomic E-state index is 0.334. The molecule has 0 aliphatic rings. The van der Waals surface area contributed by atoms with Gasteiger partial charge in [0.1, 0.15) is 5.75 Å². The Morgan fingerprint density at radius 2 is 2.15 bits per heavy atom. The predicted molar refractivity (Wildman–Crippen MR) is 63.8 cm³/mol. The Hall–Kier alpha value is -0.0600. The Bertz CT molecular complexity index is 450. The lowest BCUT2D eigenvalue weighted by Crippen LogP contribution is -1.68. The first kappa shape index (κ1) is 9.49. The molecule has 0 saturated heterocycles. The molecule has 0 radical (unpaired) electrons. The number of fused-ring (bicyclic) bond motifs is 1. The Kier molecular flexibility index (Phi) is 2.62. The van der Waals surface area contributed by atoms with Crippen LogP contribution in [0.2, 0.25) is 0 Å². The average Bonchev–Trinajstić information content (AvgIpc) is 2.55. The molecule has 0 atom stereocenters. The molecule has 1 aromatic carbocycles. The van der Waals surface area contributed by atoms with E-state index < -0.39 is 0 Å². The number of alkyl halides is 1. The van der Waals surface area contributed by atoms with E-state index >= 15 is 0 Å². The van der Waals surface area contributed by atoms with Crippen molar-refractivity contribution in [1.82, 2.24) is 0 Å².